The van der Waals surface area contributed by atoms with E-state index in [0.29, 0.717) is 18.0 Å². The van der Waals surface area contributed by atoms with Crippen molar-refractivity contribution in [2.45, 2.75) is 13.8 Å². The zero-order valence-corrected chi connectivity index (χ0v) is 9.24. The fraction of sp³-hybridized carbons (Fsp3) is 0.273. The highest BCUT2D eigenvalue weighted by Gasteiger charge is 2.03. The van der Waals surface area contributed by atoms with Crippen molar-refractivity contribution in [3.8, 4) is 0 Å². The van der Waals surface area contributed by atoms with E-state index in [1.54, 1.807) is 26.0 Å². The zero-order chi connectivity index (χ0) is 12.0. The van der Waals surface area contributed by atoms with Crippen LogP contribution in [0.25, 0.3) is 0 Å². The first-order valence-electron chi connectivity index (χ1n) is 4.93. The molecule has 0 unspecified atom stereocenters. The van der Waals surface area contributed by atoms with E-state index in [2.05, 4.69) is 10.3 Å². The number of hydrogen-bond acceptors (Lipinski definition) is 4. The SMILES string of the molecule is CCOC(=O)/C(C)=C/Nc1cccc(=O)[nH]1. The molecule has 1 aromatic heterocycles. The van der Waals surface area contributed by atoms with Gasteiger partial charge in [-0.3, -0.25) is 4.79 Å². The summed E-state index contributed by atoms with van der Waals surface area (Å²) in [5.74, 6) is 0.143. The summed E-state index contributed by atoms with van der Waals surface area (Å²) in [4.78, 5) is 24.8. The average Bonchev–Trinajstić information content (AvgIpc) is 2.26. The van der Waals surface area contributed by atoms with Gasteiger partial charge in [-0.25, -0.2) is 4.79 Å². The molecule has 16 heavy (non-hydrogen) atoms. The molecular formula is C11H14N2O3. The molecule has 0 spiro atoms. The first-order chi connectivity index (χ1) is 7.63. The Morgan fingerprint density at radius 3 is 2.94 bits per heavy atom. The number of carbonyl (C=O) groups excluding carboxylic acids is 1. The molecular weight excluding hydrogens is 208 g/mol. The number of carbonyl (C=O) groups is 1. The summed E-state index contributed by atoms with van der Waals surface area (Å²) in [6.45, 7) is 3.71. The molecule has 0 aliphatic heterocycles. The lowest BCUT2D eigenvalue weighted by atomic mass is 10.3. The van der Waals surface area contributed by atoms with Crippen molar-refractivity contribution in [3.63, 3.8) is 0 Å². The summed E-state index contributed by atoms with van der Waals surface area (Å²) in [6.07, 6.45) is 1.49. The number of aromatic nitrogens is 1. The second-order valence-electron chi connectivity index (χ2n) is 3.12. The van der Waals surface area contributed by atoms with E-state index < -0.39 is 0 Å². The van der Waals surface area contributed by atoms with Crippen molar-refractivity contribution in [2.24, 2.45) is 0 Å². The maximum absolute atomic E-state index is 11.2. The summed E-state index contributed by atoms with van der Waals surface area (Å²) in [7, 11) is 0. The van der Waals surface area contributed by atoms with Gasteiger partial charge in [-0.1, -0.05) is 6.07 Å². The molecule has 0 aliphatic rings. The molecule has 1 aromatic rings. The lowest BCUT2D eigenvalue weighted by Gasteiger charge is -2.03. The van der Waals surface area contributed by atoms with Crippen LogP contribution in [0.15, 0.2) is 34.8 Å². The maximum Gasteiger partial charge on any atom is 0.335 e. The Hall–Kier alpha value is -2.04. The molecule has 0 aromatic carbocycles. The number of ether oxygens (including phenoxy) is 1. The van der Waals surface area contributed by atoms with Crippen LogP contribution in [0.2, 0.25) is 0 Å². The quantitative estimate of drug-likeness (QED) is 0.594. The standard InChI is InChI=1S/C11H14N2O3/c1-3-16-11(15)8(2)7-12-9-5-4-6-10(14)13-9/h4-7H,3H2,1-2H3,(H2,12,13,14)/b8-7+. The highest BCUT2D eigenvalue weighted by Crippen LogP contribution is 2.01. The number of rotatable bonds is 4. The maximum atomic E-state index is 11.2. The van der Waals surface area contributed by atoms with Crippen LogP contribution in [0.5, 0.6) is 0 Å². The Morgan fingerprint density at radius 1 is 1.56 bits per heavy atom. The molecule has 5 nitrogen and oxygen atoms in total. The third-order valence-corrected chi connectivity index (χ3v) is 1.81. The van der Waals surface area contributed by atoms with Crippen LogP contribution >= 0.6 is 0 Å². The predicted octanol–water partition coefficient (Wildman–Crippen LogP) is 1.25. The molecule has 1 heterocycles. The summed E-state index contributed by atoms with van der Waals surface area (Å²) < 4.78 is 4.80. The molecule has 2 N–H and O–H groups in total. The van der Waals surface area contributed by atoms with E-state index in [9.17, 15) is 9.59 Å². The predicted molar refractivity (Wildman–Crippen MR) is 61.1 cm³/mol. The van der Waals surface area contributed by atoms with Crippen LogP contribution in [-0.2, 0) is 9.53 Å². The Kier molecular flexibility index (Phi) is 4.32. The van der Waals surface area contributed by atoms with E-state index in [1.807, 2.05) is 0 Å². The van der Waals surface area contributed by atoms with Gasteiger partial charge in [0, 0.05) is 12.3 Å². The normalized spacial score (nSPS) is 11.0. The third kappa shape index (κ3) is 3.61. The van der Waals surface area contributed by atoms with Gasteiger partial charge in [0.15, 0.2) is 0 Å². The number of nitrogens with one attached hydrogen (secondary N) is 2. The number of pyridine rings is 1. The van der Waals surface area contributed by atoms with E-state index in [-0.39, 0.29) is 11.5 Å². The minimum Gasteiger partial charge on any atom is -0.463 e. The van der Waals surface area contributed by atoms with Crippen molar-refractivity contribution < 1.29 is 9.53 Å². The Labute approximate surface area is 93.1 Å². The first-order valence-corrected chi connectivity index (χ1v) is 4.93. The average molecular weight is 222 g/mol. The molecule has 0 radical (unpaired) electrons. The Bertz CT molecular complexity index is 449. The summed E-state index contributed by atoms with van der Waals surface area (Å²) >= 11 is 0. The first kappa shape index (κ1) is 12.0. The minimum atomic E-state index is -0.381. The van der Waals surface area contributed by atoms with Gasteiger partial charge in [-0.15, -0.1) is 0 Å². The van der Waals surface area contributed by atoms with Crippen LogP contribution < -0.4 is 10.9 Å². The number of aromatic amines is 1. The van der Waals surface area contributed by atoms with E-state index in [4.69, 9.17) is 4.74 Å². The lowest BCUT2D eigenvalue weighted by Crippen LogP contribution is -2.09. The van der Waals surface area contributed by atoms with Gasteiger partial charge in [0.1, 0.15) is 5.82 Å². The van der Waals surface area contributed by atoms with Crippen LogP contribution in [0, 0.1) is 0 Å². The molecule has 0 bridgehead atoms. The van der Waals surface area contributed by atoms with Crippen molar-refractivity contribution >= 4 is 11.8 Å². The fourth-order valence-corrected chi connectivity index (χ4v) is 1.02. The fourth-order valence-electron chi connectivity index (χ4n) is 1.02. The minimum absolute atomic E-state index is 0.202. The second-order valence-corrected chi connectivity index (χ2v) is 3.12. The lowest BCUT2D eigenvalue weighted by molar-refractivity contribution is -0.138. The van der Waals surface area contributed by atoms with Crippen molar-refractivity contribution in [3.05, 3.63) is 40.3 Å². The zero-order valence-electron chi connectivity index (χ0n) is 9.24. The molecule has 0 saturated heterocycles. The molecule has 0 fully saturated rings. The second kappa shape index (κ2) is 5.75. The Balaban J connectivity index is 2.65. The Morgan fingerprint density at radius 2 is 2.31 bits per heavy atom. The van der Waals surface area contributed by atoms with Crippen molar-refractivity contribution in [1.29, 1.82) is 0 Å². The smallest absolute Gasteiger partial charge is 0.335 e. The molecule has 0 amide bonds. The highest BCUT2D eigenvalue weighted by atomic mass is 16.5. The van der Waals surface area contributed by atoms with Crippen LogP contribution in [0.3, 0.4) is 0 Å². The molecule has 0 saturated carbocycles. The number of H-pyrrole nitrogens is 1. The number of anilines is 1. The largest absolute Gasteiger partial charge is 0.463 e. The monoisotopic (exact) mass is 222 g/mol. The van der Waals surface area contributed by atoms with Gasteiger partial charge in [-0.2, -0.15) is 0 Å². The number of hydrogen-bond donors (Lipinski definition) is 2. The van der Waals surface area contributed by atoms with Gasteiger partial charge in [0.2, 0.25) is 5.56 Å². The van der Waals surface area contributed by atoms with Crippen LogP contribution in [-0.4, -0.2) is 17.6 Å². The van der Waals surface area contributed by atoms with Gasteiger partial charge in [0.05, 0.1) is 12.2 Å². The molecule has 1 rings (SSSR count). The van der Waals surface area contributed by atoms with Gasteiger partial charge in [-0.05, 0) is 19.9 Å². The summed E-state index contributed by atoms with van der Waals surface area (Å²) in [5, 5.41) is 2.81. The molecule has 86 valence electrons. The summed E-state index contributed by atoms with van der Waals surface area (Å²) in [6, 6.07) is 4.72. The van der Waals surface area contributed by atoms with Gasteiger partial charge >= 0.3 is 5.97 Å². The number of esters is 1. The van der Waals surface area contributed by atoms with Crippen molar-refractivity contribution in [2.75, 3.05) is 11.9 Å². The molecule has 0 aliphatic carbocycles. The highest BCUT2D eigenvalue weighted by molar-refractivity contribution is 5.88. The van der Waals surface area contributed by atoms with E-state index >= 15 is 0 Å². The van der Waals surface area contributed by atoms with Gasteiger partial charge < -0.3 is 15.0 Å². The van der Waals surface area contributed by atoms with Crippen LogP contribution in [0.1, 0.15) is 13.8 Å². The third-order valence-electron chi connectivity index (χ3n) is 1.81. The van der Waals surface area contributed by atoms with Gasteiger partial charge in [0.25, 0.3) is 0 Å². The topological polar surface area (TPSA) is 71.2 Å². The van der Waals surface area contributed by atoms with E-state index in [1.165, 1.54) is 12.3 Å². The van der Waals surface area contributed by atoms with Crippen molar-refractivity contribution in [1.82, 2.24) is 4.98 Å². The van der Waals surface area contributed by atoms with E-state index in [0.717, 1.165) is 0 Å². The van der Waals surface area contributed by atoms with Crippen LogP contribution in [0.4, 0.5) is 5.82 Å². The summed E-state index contributed by atoms with van der Waals surface area (Å²) in [5.41, 5.74) is 0.235. The molecule has 5 heteroatoms. The molecule has 0 atom stereocenters.